The summed E-state index contributed by atoms with van der Waals surface area (Å²) in [5.41, 5.74) is 3.57. The second-order valence-electron chi connectivity index (χ2n) is 9.20. The van der Waals surface area contributed by atoms with Gasteiger partial charge in [-0.3, -0.25) is 4.90 Å². The molecule has 1 aliphatic heterocycles. The molecule has 1 aliphatic rings. The van der Waals surface area contributed by atoms with Crippen molar-refractivity contribution >= 4 is 17.8 Å². The van der Waals surface area contributed by atoms with Crippen molar-refractivity contribution in [3.05, 3.63) is 83.2 Å². The molecule has 0 aliphatic carbocycles. The number of ether oxygens (including phenoxy) is 1. The number of halogens is 1. The van der Waals surface area contributed by atoms with Crippen LogP contribution in [-0.4, -0.2) is 47.9 Å². The van der Waals surface area contributed by atoms with Crippen molar-refractivity contribution in [1.82, 2.24) is 4.90 Å². The van der Waals surface area contributed by atoms with Crippen LogP contribution >= 0.6 is 0 Å². The van der Waals surface area contributed by atoms with Crippen molar-refractivity contribution in [2.45, 2.75) is 32.7 Å². The average Bonchev–Trinajstić information content (AvgIpc) is 2.89. The molecule has 1 heterocycles. The normalized spacial score (nSPS) is 14.3. The molecule has 36 heavy (non-hydrogen) atoms. The summed E-state index contributed by atoms with van der Waals surface area (Å²) in [6, 6.07) is 17.4. The zero-order chi connectivity index (χ0) is 25.3. The van der Waals surface area contributed by atoms with Crippen LogP contribution in [0.5, 0.6) is 17.2 Å². The Morgan fingerprint density at radius 1 is 0.917 bits per heavy atom. The number of benzene rings is 3. The highest BCUT2D eigenvalue weighted by Gasteiger charge is 2.14. The summed E-state index contributed by atoms with van der Waals surface area (Å²) in [6.07, 6.45) is 7.68. The molecule has 0 unspecified atom stereocenters. The topological polar surface area (TPSA) is 56.2 Å². The molecule has 0 aromatic heterocycles. The predicted molar refractivity (Wildman–Crippen MR) is 144 cm³/mol. The van der Waals surface area contributed by atoms with Gasteiger partial charge in [0, 0.05) is 31.4 Å². The van der Waals surface area contributed by atoms with E-state index in [-0.39, 0.29) is 23.1 Å². The second-order valence-corrected chi connectivity index (χ2v) is 9.20. The Kier molecular flexibility index (Phi) is 8.85. The van der Waals surface area contributed by atoms with Crippen molar-refractivity contribution < 1.29 is 19.3 Å². The number of rotatable bonds is 10. The molecule has 0 amide bonds. The van der Waals surface area contributed by atoms with E-state index in [1.165, 1.54) is 25.3 Å². The van der Waals surface area contributed by atoms with Crippen molar-refractivity contribution in [3.63, 3.8) is 0 Å². The van der Waals surface area contributed by atoms with Crippen molar-refractivity contribution in [1.29, 1.82) is 0 Å². The molecule has 6 heteroatoms. The monoisotopic (exact) mass is 490 g/mol. The minimum Gasteiger partial charge on any atom is -0.508 e. The molecule has 3 aromatic rings. The number of nitrogens with zero attached hydrogens (tertiary/aromatic N) is 2. The molecule has 4 rings (SSSR count). The van der Waals surface area contributed by atoms with E-state index in [1.807, 2.05) is 43.3 Å². The quantitative estimate of drug-likeness (QED) is 0.327. The summed E-state index contributed by atoms with van der Waals surface area (Å²) in [6.45, 7) is 6.70. The van der Waals surface area contributed by atoms with Gasteiger partial charge in [0.05, 0.1) is 0 Å². The SMILES string of the molecule is CCN(Cc1ccc(OCCN2CCCCC2)c(F)c1)c1cc(O)ccc1/C=C/c1ccc(O)cc1. The first kappa shape index (κ1) is 25.6. The number of anilines is 1. The third kappa shape index (κ3) is 7.01. The van der Waals surface area contributed by atoms with E-state index in [9.17, 15) is 14.6 Å². The number of phenolic OH excluding ortho intramolecular Hbond substituents is 2. The van der Waals surface area contributed by atoms with E-state index in [4.69, 9.17) is 4.74 Å². The first-order valence-electron chi connectivity index (χ1n) is 12.7. The fourth-order valence-electron chi connectivity index (χ4n) is 4.53. The molecule has 0 radical (unpaired) electrons. The van der Waals surface area contributed by atoms with E-state index >= 15 is 0 Å². The first-order valence-corrected chi connectivity index (χ1v) is 12.7. The second kappa shape index (κ2) is 12.5. The van der Waals surface area contributed by atoms with Gasteiger partial charge in [0.1, 0.15) is 18.1 Å². The zero-order valence-electron chi connectivity index (χ0n) is 20.9. The van der Waals surface area contributed by atoms with Crippen LogP contribution in [0.2, 0.25) is 0 Å². The highest BCUT2D eigenvalue weighted by molar-refractivity contribution is 5.78. The number of hydrogen-bond donors (Lipinski definition) is 2. The highest BCUT2D eigenvalue weighted by atomic mass is 19.1. The first-order chi connectivity index (χ1) is 17.5. The van der Waals surface area contributed by atoms with Gasteiger partial charge in [-0.05, 0) is 85.9 Å². The van der Waals surface area contributed by atoms with Gasteiger partial charge < -0.3 is 19.8 Å². The lowest BCUT2D eigenvalue weighted by atomic mass is 10.1. The van der Waals surface area contributed by atoms with Crippen LogP contribution in [0.25, 0.3) is 12.2 Å². The summed E-state index contributed by atoms with van der Waals surface area (Å²) in [5, 5.41) is 19.7. The van der Waals surface area contributed by atoms with Crippen molar-refractivity contribution in [3.8, 4) is 17.2 Å². The van der Waals surface area contributed by atoms with Crippen LogP contribution in [0.3, 0.4) is 0 Å². The Morgan fingerprint density at radius 2 is 1.67 bits per heavy atom. The van der Waals surface area contributed by atoms with E-state index in [2.05, 4.69) is 9.80 Å². The highest BCUT2D eigenvalue weighted by Crippen LogP contribution is 2.29. The zero-order valence-corrected chi connectivity index (χ0v) is 20.9. The lowest BCUT2D eigenvalue weighted by Crippen LogP contribution is -2.33. The maximum absolute atomic E-state index is 14.8. The van der Waals surface area contributed by atoms with Gasteiger partial charge in [-0.15, -0.1) is 0 Å². The third-order valence-electron chi connectivity index (χ3n) is 6.57. The molecular weight excluding hydrogens is 455 g/mol. The lowest BCUT2D eigenvalue weighted by molar-refractivity contribution is 0.180. The van der Waals surface area contributed by atoms with Crippen LogP contribution < -0.4 is 9.64 Å². The van der Waals surface area contributed by atoms with Gasteiger partial charge in [-0.1, -0.05) is 36.8 Å². The summed E-state index contributed by atoms with van der Waals surface area (Å²) in [7, 11) is 0. The standard InChI is InChI=1S/C30H35FN2O3/c1-2-33(29-21-27(35)14-11-25(29)10-6-23-7-12-26(34)13-8-23)22-24-9-15-30(28(31)20-24)36-19-18-32-16-4-3-5-17-32/h6-15,20-21,34-35H,2-5,16-19,22H2,1H3/b10-6+. The Bertz CT molecular complexity index is 1160. The lowest BCUT2D eigenvalue weighted by Gasteiger charge is -2.26. The predicted octanol–water partition coefficient (Wildman–Crippen LogP) is 6.30. The van der Waals surface area contributed by atoms with Crippen molar-refractivity contribution in [2.75, 3.05) is 37.7 Å². The summed E-state index contributed by atoms with van der Waals surface area (Å²) in [5.74, 6) is 0.327. The maximum atomic E-state index is 14.8. The molecular formula is C30H35FN2O3. The number of likely N-dealkylation sites (tertiary alicyclic amines) is 1. The molecule has 0 saturated carbocycles. The molecule has 1 fully saturated rings. The van der Waals surface area contributed by atoms with E-state index in [0.717, 1.165) is 42.0 Å². The Labute approximate surface area is 213 Å². The number of piperidine rings is 1. The minimum atomic E-state index is -0.356. The fraction of sp³-hybridized carbons (Fsp3) is 0.333. The van der Waals surface area contributed by atoms with Crippen LogP contribution in [0.15, 0.2) is 60.7 Å². The number of hydrogen-bond acceptors (Lipinski definition) is 5. The summed E-state index contributed by atoms with van der Waals surface area (Å²) >= 11 is 0. The van der Waals surface area contributed by atoms with E-state index < -0.39 is 0 Å². The Balaban J connectivity index is 1.44. The van der Waals surface area contributed by atoms with Gasteiger partial charge in [0.2, 0.25) is 0 Å². The largest absolute Gasteiger partial charge is 0.508 e. The maximum Gasteiger partial charge on any atom is 0.165 e. The number of aromatic hydroxyl groups is 2. The van der Waals surface area contributed by atoms with Gasteiger partial charge in [-0.2, -0.15) is 0 Å². The molecule has 0 atom stereocenters. The van der Waals surface area contributed by atoms with E-state index in [0.29, 0.717) is 19.7 Å². The smallest absolute Gasteiger partial charge is 0.165 e. The molecule has 5 nitrogen and oxygen atoms in total. The van der Waals surface area contributed by atoms with Gasteiger partial charge in [0.15, 0.2) is 11.6 Å². The van der Waals surface area contributed by atoms with Crippen LogP contribution in [0, 0.1) is 5.82 Å². The Morgan fingerprint density at radius 3 is 2.39 bits per heavy atom. The molecule has 0 spiro atoms. The number of phenols is 2. The van der Waals surface area contributed by atoms with E-state index in [1.54, 1.807) is 30.3 Å². The summed E-state index contributed by atoms with van der Waals surface area (Å²) < 4.78 is 20.6. The Hall–Kier alpha value is -3.51. The average molecular weight is 491 g/mol. The summed E-state index contributed by atoms with van der Waals surface area (Å²) in [4.78, 5) is 4.47. The van der Waals surface area contributed by atoms with Gasteiger partial charge in [0.25, 0.3) is 0 Å². The molecule has 3 aromatic carbocycles. The van der Waals surface area contributed by atoms with Crippen LogP contribution in [0.4, 0.5) is 10.1 Å². The third-order valence-corrected chi connectivity index (χ3v) is 6.57. The molecule has 0 bridgehead atoms. The van der Waals surface area contributed by atoms with Crippen molar-refractivity contribution in [2.24, 2.45) is 0 Å². The minimum absolute atomic E-state index is 0.175. The molecule has 190 valence electrons. The fourth-order valence-corrected chi connectivity index (χ4v) is 4.53. The van der Waals surface area contributed by atoms with Gasteiger partial charge >= 0.3 is 0 Å². The van der Waals surface area contributed by atoms with Crippen LogP contribution in [-0.2, 0) is 6.54 Å². The van der Waals surface area contributed by atoms with Crippen LogP contribution in [0.1, 0.15) is 42.9 Å². The van der Waals surface area contributed by atoms with Gasteiger partial charge in [-0.25, -0.2) is 4.39 Å². The molecule has 1 saturated heterocycles. The molecule has 2 N–H and O–H groups in total.